The van der Waals surface area contributed by atoms with Crippen LogP contribution in [-0.2, 0) is 0 Å². The summed E-state index contributed by atoms with van der Waals surface area (Å²) in [5, 5.41) is 31.6. The zero-order valence-corrected chi connectivity index (χ0v) is 12.1. The van der Waals surface area contributed by atoms with Gasteiger partial charge >= 0.3 is 6.03 Å². The molecule has 1 rings (SSSR count). The van der Waals surface area contributed by atoms with Gasteiger partial charge in [0.15, 0.2) is 17.5 Å². The van der Waals surface area contributed by atoms with Crippen LogP contribution in [0.5, 0.6) is 28.7 Å². The van der Waals surface area contributed by atoms with Gasteiger partial charge in [-0.2, -0.15) is 4.99 Å². The molecule has 0 saturated heterocycles. The van der Waals surface area contributed by atoms with E-state index < -0.39 is 29.2 Å². The summed E-state index contributed by atoms with van der Waals surface area (Å²) in [6.07, 6.45) is 0. The van der Waals surface area contributed by atoms with Crippen molar-refractivity contribution in [2.75, 3.05) is 18.5 Å². The van der Waals surface area contributed by atoms with Crippen molar-refractivity contribution in [3.8, 4) is 28.7 Å². The van der Waals surface area contributed by atoms with E-state index in [1.165, 1.54) is 0 Å². The third kappa shape index (κ3) is 3.53. The molecule has 0 aliphatic carbocycles. The molecule has 22 heavy (non-hydrogen) atoms. The van der Waals surface area contributed by atoms with Gasteiger partial charge in [0.25, 0.3) is 0 Å². The van der Waals surface area contributed by atoms with Gasteiger partial charge in [-0.15, -0.1) is 0 Å². The maximum atomic E-state index is 11.6. The van der Waals surface area contributed by atoms with E-state index in [0.717, 1.165) is 0 Å². The second-order valence-electron chi connectivity index (χ2n) is 3.91. The molecule has 1 aromatic rings. The molecule has 0 bridgehead atoms. The summed E-state index contributed by atoms with van der Waals surface area (Å²) in [4.78, 5) is 14.9. The van der Waals surface area contributed by atoms with E-state index in [2.05, 4.69) is 10.3 Å². The van der Waals surface area contributed by atoms with Crippen LogP contribution in [0.1, 0.15) is 13.8 Å². The predicted molar refractivity (Wildman–Crippen MR) is 78.6 cm³/mol. The van der Waals surface area contributed by atoms with Crippen LogP contribution in [0.2, 0.25) is 0 Å². The zero-order valence-electron chi connectivity index (χ0n) is 12.1. The second kappa shape index (κ2) is 7.11. The number of carbonyl (C=O) groups excluding carboxylic acids is 1. The SMILES string of the molecule is CCOc1c(O)c(O)c(O)c(OCC)c1NC(=O)N=C(N)N. The number of hydrogen-bond donors (Lipinski definition) is 6. The van der Waals surface area contributed by atoms with Gasteiger partial charge in [0.1, 0.15) is 5.69 Å². The molecule has 0 aliphatic heterocycles. The van der Waals surface area contributed by atoms with Gasteiger partial charge < -0.3 is 36.3 Å². The number of nitrogens with zero attached hydrogens (tertiary/aromatic N) is 1. The minimum absolute atomic E-state index is 0.106. The number of aliphatic imine (C=N–C) groups is 1. The lowest BCUT2D eigenvalue weighted by Gasteiger charge is -2.18. The molecule has 10 nitrogen and oxygen atoms in total. The average molecular weight is 314 g/mol. The maximum Gasteiger partial charge on any atom is 0.348 e. The van der Waals surface area contributed by atoms with Crippen LogP contribution in [0.15, 0.2) is 4.99 Å². The van der Waals surface area contributed by atoms with Gasteiger partial charge in [0.2, 0.25) is 17.2 Å². The summed E-state index contributed by atoms with van der Waals surface area (Å²) in [5.74, 6) is -3.43. The number of aromatic hydroxyl groups is 3. The molecule has 0 atom stereocenters. The molecule has 0 radical (unpaired) electrons. The number of ether oxygens (including phenoxy) is 2. The Hall–Kier alpha value is -3.04. The highest BCUT2D eigenvalue weighted by Crippen LogP contribution is 2.55. The first kappa shape index (κ1) is 17.0. The fourth-order valence-corrected chi connectivity index (χ4v) is 1.60. The third-order valence-electron chi connectivity index (χ3n) is 2.37. The molecule has 2 amide bonds. The Balaban J connectivity index is 3.48. The minimum atomic E-state index is -0.980. The fourth-order valence-electron chi connectivity index (χ4n) is 1.60. The molecule has 10 heteroatoms. The van der Waals surface area contributed by atoms with Gasteiger partial charge in [-0.1, -0.05) is 0 Å². The van der Waals surface area contributed by atoms with Gasteiger partial charge in [0.05, 0.1) is 13.2 Å². The van der Waals surface area contributed by atoms with Crippen LogP contribution in [-0.4, -0.2) is 40.5 Å². The molecule has 0 unspecified atom stereocenters. The number of benzene rings is 1. The quantitative estimate of drug-likeness (QED) is 0.196. The van der Waals surface area contributed by atoms with Crippen molar-refractivity contribution in [3.63, 3.8) is 0 Å². The van der Waals surface area contributed by atoms with Crippen molar-refractivity contribution in [3.05, 3.63) is 0 Å². The highest BCUT2D eigenvalue weighted by Gasteiger charge is 2.27. The summed E-state index contributed by atoms with van der Waals surface area (Å²) >= 11 is 0. The van der Waals surface area contributed by atoms with Gasteiger partial charge in [0, 0.05) is 0 Å². The molecular formula is C12H18N4O6. The Morgan fingerprint density at radius 3 is 1.86 bits per heavy atom. The number of nitrogens with two attached hydrogens (primary N) is 2. The largest absolute Gasteiger partial charge is 0.502 e. The number of phenols is 3. The lowest BCUT2D eigenvalue weighted by atomic mass is 10.2. The normalized spacial score (nSPS) is 9.91. The van der Waals surface area contributed by atoms with Crippen molar-refractivity contribution >= 4 is 17.7 Å². The zero-order chi connectivity index (χ0) is 16.9. The predicted octanol–water partition coefficient (Wildman–Crippen LogP) is 0.406. The van der Waals surface area contributed by atoms with Gasteiger partial charge in [-0.25, -0.2) is 4.79 Å². The number of nitrogens with one attached hydrogen (secondary N) is 1. The highest BCUT2D eigenvalue weighted by molar-refractivity contribution is 6.01. The lowest BCUT2D eigenvalue weighted by molar-refractivity contribution is 0.258. The van der Waals surface area contributed by atoms with Gasteiger partial charge in [-0.05, 0) is 13.8 Å². The van der Waals surface area contributed by atoms with Crippen LogP contribution >= 0.6 is 0 Å². The van der Waals surface area contributed by atoms with E-state index in [9.17, 15) is 20.1 Å². The van der Waals surface area contributed by atoms with Crippen molar-refractivity contribution in [1.29, 1.82) is 0 Å². The monoisotopic (exact) mass is 314 g/mol. The molecule has 0 aromatic heterocycles. The Kier molecular flexibility index (Phi) is 5.50. The number of rotatable bonds is 5. The first-order valence-electron chi connectivity index (χ1n) is 6.30. The number of anilines is 1. The first-order chi connectivity index (χ1) is 10.3. The smallest absolute Gasteiger partial charge is 0.348 e. The second-order valence-corrected chi connectivity index (χ2v) is 3.91. The Morgan fingerprint density at radius 2 is 1.50 bits per heavy atom. The number of carbonyl (C=O) groups is 1. The van der Waals surface area contributed by atoms with E-state index >= 15 is 0 Å². The van der Waals surface area contributed by atoms with E-state index in [1.807, 2.05) is 0 Å². The van der Waals surface area contributed by atoms with E-state index in [4.69, 9.17) is 20.9 Å². The number of phenolic OH excluding ortho intramolecular Hbond substituents is 3. The summed E-state index contributed by atoms with van der Waals surface area (Å²) in [6.45, 7) is 3.44. The maximum absolute atomic E-state index is 11.6. The standard InChI is InChI=1S/C12H18N4O6/c1-3-21-9-5(15-12(20)16-11(13)14)10(22-4-2)8(19)6(17)7(9)18/h17-19H,3-4H2,1-2H3,(H5,13,14,15,16,20). The van der Waals surface area contributed by atoms with Crippen LogP contribution in [0.3, 0.4) is 0 Å². The minimum Gasteiger partial charge on any atom is -0.502 e. The number of amides is 2. The van der Waals surface area contributed by atoms with Gasteiger partial charge in [-0.3, -0.25) is 5.32 Å². The summed E-state index contributed by atoms with van der Waals surface area (Å²) in [5.41, 5.74) is 9.96. The van der Waals surface area contributed by atoms with Crippen LogP contribution < -0.4 is 26.3 Å². The van der Waals surface area contributed by atoms with Crippen LogP contribution in [0.4, 0.5) is 10.5 Å². The van der Waals surface area contributed by atoms with Crippen molar-refractivity contribution in [2.24, 2.45) is 16.5 Å². The topological polar surface area (TPSA) is 173 Å². The summed E-state index contributed by atoms with van der Waals surface area (Å²) in [7, 11) is 0. The van der Waals surface area contributed by atoms with Crippen LogP contribution in [0.25, 0.3) is 0 Å². The molecule has 8 N–H and O–H groups in total. The molecule has 122 valence electrons. The molecule has 1 aromatic carbocycles. The number of guanidine groups is 1. The molecule has 0 saturated carbocycles. The Bertz CT molecular complexity index is 565. The Labute approximate surface area is 126 Å². The summed E-state index contributed by atoms with van der Waals surface area (Å²) in [6, 6.07) is -0.980. The van der Waals surface area contributed by atoms with Crippen molar-refractivity contribution in [1.82, 2.24) is 0 Å². The van der Waals surface area contributed by atoms with Crippen molar-refractivity contribution in [2.45, 2.75) is 13.8 Å². The fraction of sp³-hybridized carbons (Fsp3) is 0.333. The molecular weight excluding hydrogens is 296 g/mol. The number of urea groups is 1. The van der Waals surface area contributed by atoms with E-state index in [-0.39, 0.29) is 30.4 Å². The molecule has 0 fully saturated rings. The number of hydrogen-bond acceptors (Lipinski definition) is 6. The third-order valence-corrected chi connectivity index (χ3v) is 2.37. The highest BCUT2D eigenvalue weighted by atomic mass is 16.5. The summed E-state index contributed by atoms with van der Waals surface area (Å²) < 4.78 is 10.3. The molecule has 0 heterocycles. The van der Waals surface area contributed by atoms with Crippen molar-refractivity contribution < 1.29 is 29.6 Å². The lowest BCUT2D eigenvalue weighted by Crippen LogP contribution is -2.25. The molecule has 0 spiro atoms. The average Bonchev–Trinajstić information content (AvgIpc) is 2.44. The molecule has 0 aliphatic rings. The Morgan fingerprint density at radius 1 is 1.05 bits per heavy atom. The van der Waals surface area contributed by atoms with E-state index in [0.29, 0.717) is 0 Å². The van der Waals surface area contributed by atoms with Crippen LogP contribution in [0, 0.1) is 0 Å². The first-order valence-corrected chi connectivity index (χ1v) is 6.30. The van der Waals surface area contributed by atoms with E-state index in [1.54, 1.807) is 13.8 Å².